The second kappa shape index (κ2) is 8.47. The van der Waals surface area contributed by atoms with Crippen LogP contribution in [0.25, 0.3) is 0 Å². The van der Waals surface area contributed by atoms with Crippen LogP contribution in [-0.4, -0.2) is 72.6 Å². The lowest BCUT2D eigenvalue weighted by atomic mass is 10.0. The van der Waals surface area contributed by atoms with Crippen molar-refractivity contribution in [2.75, 3.05) is 62.7 Å². The molecule has 0 unspecified atom stereocenters. The van der Waals surface area contributed by atoms with Crippen LogP contribution in [0.15, 0.2) is 24.3 Å². The highest BCUT2D eigenvalue weighted by Crippen LogP contribution is 2.31. The zero-order chi connectivity index (χ0) is 20.5. The van der Waals surface area contributed by atoms with Gasteiger partial charge in [0.25, 0.3) is 0 Å². The van der Waals surface area contributed by atoms with Crippen LogP contribution in [0.4, 0.5) is 16.2 Å². The number of piperazine rings is 1. The van der Waals surface area contributed by atoms with Crippen molar-refractivity contribution < 1.29 is 4.39 Å². The Morgan fingerprint density at radius 3 is 2.33 bits per heavy atom. The molecule has 0 bridgehead atoms. The summed E-state index contributed by atoms with van der Waals surface area (Å²) in [6.45, 7) is 8.95. The van der Waals surface area contributed by atoms with E-state index in [0.29, 0.717) is 0 Å². The number of nitrogens with zero attached hydrogens (tertiary/aromatic N) is 6. The molecule has 2 fully saturated rings. The Hall–Kier alpha value is -2.25. The quantitative estimate of drug-likeness (QED) is 0.771. The molecule has 0 aliphatic carbocycles. The number of benzene rings is 1. The minimum absolute atomic E-state index is 0.178. The van der Waals surface area contributed by atoms with Gasteiger partial charge in [-0.15, -0.1) is 0 Å². The van der Waals surface area contributed by atoms with Crippen molar-refractivity contribution in [3.8, 4) is 0 Å². The highest BCUT2D eigenvalue weighted by Gasteiger charge is 2.28. The molecule has 160 valence electrons. The highest BCUT2D eigenvalue weighted by molar-refractivity contribution is 5.55. The van der Waals surface area contributed by atoms with Crippen LogP contribution in [-0.2, 0) is 19.5 Å². The van der Waals surface area contributed by atoms with E-state index in [2.05, 4.69) is 26.6 Å². The SMILES string of the molecule is CN1CCN(c2nc(N3CCCC3)nc3c2CN(Cc2ccc(F)cc2)CC3)CC1. The third kappa shape index (κ3) is 4.14. The van der Waals surface area contributed by atoms with Gasteiger partial charge < -0.3 is 14.7 Å². The number of rotatable bonds is 4. The smallest absolute Gasteiger partial charge is 0.227 e. The van der Waals surface area contributed by atoms with Crippen molar-refractivity contribution in [1.82, 2.24) is 19.8 Å². The molecule has 30 heavy (non-hydrogen) atoms. The monoisotopic (exact) mass is 410 g/mol. The van der Waals surface area contributed by atoms with Crippen molar-refractivity contribution in [3.63, 3.8) is 0 Å². The molecule has 6 nitrogen and oxygen atoms in total. The normalized spacial score (nSPS) is 20.6. The summed E-state index contributed by atoms with van der Waals surface area (Å²) in [5.41, 5.74) is 3.66. The van der Waals surface area contributed by atoms with Gasteiger partial charge in [0, 0.05) is 70.9 Å². The Morgan fingerprint density at radius 1 is 0.867 bits per heavy atom. The maximum Gasteiger partial charge on any atom is 0.227 e. The second-order valence-corrected chi connectivity index (χ2v) is 8.84. The Labute approximate surface area is 178 Å². The van der Waals surface area contributed by atoms with Gasteiger partial charge in [-0.3, -0.25) is 4.90 Å². The summed E-state index contributed by atoms with van der Waals surface area (Å²) in [4.78, 5) is 19.8. The summed E-state index contributed by atoms with van der Waals surface area (Å²) in [7, 11) is 2.19. The molecule has 3 aliphatic heterocycles. The highest BCUT2D eigenvalue weighted by atomic mass is 19.1. The zero-order valence-corrected chi connectivity index (χ0v) is 17.9. The molecule has 0 radical (unpaired) electrons. The predicted molar refractivity (Wildman–Crippen MR) is 117 cm³/mol. The number of likely N-dealkylation sites (N-methyl/N-ethyl adjacent to an activating group) is 1. The van der Waals surface area contributed by atoms with E-state index >= 15 is 0 Å². The first kappa shape index (κ1) is 19.7. The van der Waals surface area contributed by atoms with E-state index in [1.807, 2.05) is 12.1 Å². The molecule has 0 amide bonds. The largest absolute Gasteiger partial charge is 0.354 e. The molecular formula is C23H31FN6. The molecule has 5 rings (SSSR count). The molecule has 1 aromatic carbocycles. The maximum absolute atomic E-state index is 13.3. The number of anilines is 2. The Kier molecular flexibility index (Phi) is 5.56. The lowest BCUT2D eigenvalue weighted by molar-refractivity contribution is 0.242. The summed E-state index contributed by atoms with van der Waals surface area (Å²) < 4.78 is 13.3. The van der Waals surface area contributed by atoms with Crippen LogP contribution < -0.4 is 9.80 Å². The first-order valence-corrected chi connectivity index (χ1v) is 11.2. The third-order valence-electron chi connectivity index (χ3n) is 6.62. The van der Waals surface area contributed by atoms with Crippen molar-refractivity contribution >= 4 is 11.8 Å². The fourth-order valence-electron chi connectivity index (χ4n) is 4.76. The Balaban J connectivity index is 1.42. The molecule has 2 saturated heterocycles. The first-order chi connectivity index (χ1) is 14.7. The standard InChI is InChI=1S/C23H31FN6/c1-27-12-14-29(15-13-27)22-20-17-28(16-18-4-6-19(24)7-5-18)11-8-21(20)25-23(26-22)30-9-2-3-10-30/h4-7H,2-3,8-17H2,1H3. The van der Waals surface area contributed by atoms with Gasteiger partial charge in [-0.1, -0.05) is 12.1 Å². The van der Waals surface area contributed by atoms with Crippen LogP contribution >= 0.6 is 0 Å². The van der Waals surface area contributed by atoms with E-state index in [1.165, 1.54) is 24.1 Å². The predicted octanol–water partition coefficient (Wildman–Crippen LogP) is 2.53. The number of fused-ring (bicyclic) bond motifs is 1. The third-order valence-corrected chi connectivity index (χ3v) is 6.62. The van der Waals surface area contributed by atoms with Gasteiger partial charge in [-0.25, -0.2) is 9.37 Å². The lowest BCUT2D eigenvalue weighted by Gasteiger charge is -2.37. The van der Waals surface area contributed by atoms with Crippen LogP contribution in [0.1, 0.15) is 29.7 Å². The van der Waals surface area contributed by atoms with Gasteiger partial charge in [0.1, 0.15) is 11.6 Å². The molecule has 4 heterocycles. The molecule has 1 aromatic heterocycles. The molecule has 7 heteroatoms. The lowest BCUT2D eigenvalue weighted by Crippen LogP contribution is -2.46. The summed E-state index contributed by atoms with van der Waals surface area (Å²) in [6, 6.07) is 6.88. The fourth-order valence-corrected chi connectivity index (χ4v) is 4.76. The topological polar surface area (TPSA) is 38.7 Å². The maximum atomic E-state index is 13.3. The van der Waals surface area contributed by atoms with Crippen molar-refractivity contribution in [2.24, 2.45) is 0 Å². The molecule has 3 aliphatic rings. The first-order valence-electron chi connectivity index (χ1n) is 11.2. The summed E-state index contributed by atoms with van der Waals surface area (Å²) in [5, 5.41) is 0. The van der Waals surface area contributed by atoms with Crippen molar-refractivity contribution in [3.05, 3.63) is 46.9 Å². The van der Waals surface area contributed by atoms with E-state index in [1.54, 1.807) is 12.1 Å². The van der Waals surface area contributed by atoms with Crippen LogP contribution in [0, 0.1) is 5.82 Å². The van der Waals surface area contributed by atoms with Crippen LogP contribution in [0.5, 0.6) is 0 Å². The molecular weight excluding hydrogens is 379 g/mol. The molecule has 0 N–H and O–H groups in total. The van der Waals surface area contributed by atoms with Gasteiger partial charge >= 0.3 is 0 Å². The van der Waals surface area contributed by atoms with E-state index < -0.39 is 0 Å². The summed E-state index contributed by atoms with van der Waals surface area (Å²) >= 11 is 0. The van der Waals surface area contributed by atoms with Gasteiger partial charge in [0.05, 0.1) is 5.69 Å². The average molecular weight is 411 g/mol. The Morgan fingerprint density at radius 2 is 1.60 bits per heavy atom. The van der Waals surface area contributed by atoms with Gasteiger partial charge in [-0.2, -0.15) is 4.98 Å². The van der Waals surface area contributed by atoms with Crippen molar-refractivity contribution in [1.29, 1.82) is 0 Å². The van der Waals surface area contributed by atoms with Crippen LogP contribution in [0.3, 0.4) is 0 Å². The van der Waals surface area contributed by atoms with E-state index in [9.17, 15) is 4.39 Å². The molecule has 0 atom stereocenters. The molecule has 0 saturated carbocycles. The number of halogens is 1. The average Bonchev–Trinajstić information content (AvgIpc) is 3.30. The summed E-state index contributed by atoms with van der Waals surface area (Å²) in [6.07, 6.45) is 3.41. The van der Waals surface area contributed by atoms with Gasteiger partial charge in [0.2, 0.25) is 5.95 Å². The molecule has 0 spiro atoms. The minimum Gasteiger partial charge on any atom is -0.354 e. The number of hydrogen-bond donors (Lipinski definition) is 0. The van der Waals surface area contributed by atoms with Crippen molar-refractivity contribution in [2.45, 2.75) is 32.4 Å². The number of hydrogen-bond acceptors (Lipinski definition) is 6. The second-order valence-electron chi connectivity index (χ2n) is 8.84. The van der Waals surface area contributed by atoms with Gasteiger partial charge in [-0.05, 0) is 37.6 Å². The fraction of sp³-hybridized carbons (Fsp3) is 0.565. The Bertz CT molecular complexity index is 872. The van der Waals surface area contributed by atoms with E-state index in [-0.39, 0.29) is 5.82 Å². The van der Waals surface area contributed by atoms with Crippen LogP contribution in [0.2, 0.25) is 0 Å². The summed E-state index contributed by atoms with van der Waals surface area (Å²) in [5.74, 6) is 1.88. The van der Waals surface area contributed by atoms with E-state index in [4.69, 9.17) is 9.97 Å². The molecule has 2 aromatic rings. The van der Waals surface area contributed by atoms with E-state index in [0.717, 1.165) is 82.7 Å². The minimum atomic E-state index is -0.178. The number of aromatic nitrogens is 2. The van der Waals surface area contributed by atoms with Gasteiger partial charge in [0.15, 0.2) is 0 Å². The zero-order valence-electron chi connectivity index (χ0n) is 17.9.